The van der Waals surface area contributed by atoms with Crippen LogP contribution in [0.4, 0.5) is 17.1 Å². The first kappa shape index (κ1) is 17.0. The number of nitrogens with zero attached hydrogens (tertiary/aromatic N) is 2. The Morgan fingerprint density at radius 2 is 1.72 bits per heavy atom. The van der Waals surface area contributed by atoms with E-state index in [9.17, 15) is 4.79 Å². The van der Waals surface area contributed by atoms with Crippen molar-refractivity contribution in [3.8, 4) is 11.5 Å². The maximum Gasteiger partial charge on any atom is 0.274 e. The topological polar surface area (TPSA) is 85.4 Å². The van der Waals surface area contributed by atoms with Gasteiger partial charge in [0.05, 0.1) is 11.2 Å². The number of hydrogen-bond acceptors (Lipinski definition) is 6. The number of pyridine rings is 2. The van der Waals surface area contributed by atoms with Gasteiger partial charge in [-0.3, -0.25) is 14.8 Å². The van der Waals surface area contributed by atoms with Crippen LogP contribution < -0.4 is 20.1 Å². The molecule has 3 heterocycles. The molecule has 0 radical (unpaired) electrons. The first-order chi connectivity index (χ1) is 14.3. The minimum Gasteiger partial charge on any atom is -0.454 e. The van der Waals surface area contributed by atoms with E-state index in [2.05, 4.69) is 20.6 Å². The van der Waals surface area contributed by atoms with E-state index in [1.165, 1.54) is 0 Å². The summed E-state index contributed by atoms with van der Waals surface area (Å²) >= 11 is 0. The molecule has 2 aromatic carbocycles. The largest absolute Gasteiger partial charge is 0.454 e. The highest BCUT2D eigenvalue weighted by atomic mass is 16.7. The number of carbonyl (C=O) groups excluding carboxylic acids is 1. The van der Waals surface area contributed by atoms with Gasteiger partial charge in [-0.05, 0) is 36.4 Å². The van der Waals surface area contributed by atoms with Crippen LogP contribution in [0.2, 0.25) is 0 Å². The van der Waals surface area contributed by atoms with Crippen LogP contribution >= 0.6 is 0 Å². The molecule has 1 aliphatic heterocycles. The van der Waals surface area contributed by atoms with Gasteiger partial charge in [0.1, 0.15) is 5.69 Å². The van der Waals surface area contributed by atoms with Crippen molar-refractivity contribution >= 4 is 33.9 Å². The predicted octanol–water partition coefficient (Wildman–Crippen LogP) is 4.35. The van der Waals surface area contributed by atoms with E-state index in [-0.39, 0.29) is 12.7 Å². The fourth-order valence-electron chi connectivity index (χ4n) is 3.16. The summed E-state index contributed by atoms with van der Waals surface area (Å²) in [5.74, 6) is 1.09. The third-order valence-corrected chi connectivity index (χ3v) is 4.53. The van der Waals surface area contributed by atoms with Crippen LogP contribution in [0.25, 0.3) is 10.9 Å². The molecule has 0 unspecified atom stereocenters. The molecule has 0 aliphatic carbocycles. The van der Waals surface area contributed by atoms with Crippen LogP contribution in [0.5, 0.6) is 11.5 Å². The number of ether oxygens (including phenoxy) is 2. The smallest absolute Gasteiger partial charge is 0.274 e. The second-order valence-electron chi connectivity index (χ2n) is 6.46. The molecule has 5 rings (SSSR count). The van der Waals surface area contributed by atoms with Gasteiger partial charge in [0.2, 0.25) is 6.79 Å². The fourth-order valence-corrected chi connectivity index (χ4v) is 3.16. The first-order valence-electron chi connectivity index (χ1n) is 9.04. The molecule has 29 heavy (non-hydrogen) atoms. The zero-order valence-electron chi connectivity index (χ0n) is 15.3. The molecule has 0 saturated carbocycles. The third kappa shape index (κ3) is 3.41. The Kier molecular flexibility index (Phi) is 4.18. The lowest BCUT2D eigenvalue weighted by Gasteiger charge is -2.10. The van der Waals surface area contributed by atoms with E-state index in [1.807, 2.05) is 48.5 Å². The maximum absolute atomic E-state index is 12.8. The number of anilines is 3. The highest BCUT2D eigenvalue weighted by molar-refractivity contribution is 6.07. The Morgan fingerprint density at radius 1 is 0.862 bits per heavy atom. The van der Waals surface area contributed by atoms with E-state index in [1.54, 1.807) is 24.5 Å². The Bertz CT molecular complexity index is 1220. The van der Waals surface area contributed by atoms with Gasteiger partial charge in [0.15, 0.2) is 11.5 Å². The fraction of sp³-hybridized carbons (Fsp3) is 0.0455. The van der Waals surface area contributed by atoms with Crippen molar-refractivity contribution in [1.29, 1.82) is 0 Å². The van der Waals surface area contributed by atoms with Gasteiger partial charge in [-0.15, -0.1) is 0 Å². The van der Waals surface area contributed by atoms with Crippen molar-refractivity contribution < 1.29 is 14.3 Å². The molecule has 0 bridgehead atoms. The molecule has 0 spiro atoms. The predicted molar refractivity (Wildman–Crippen MR) is 110 cm³/mol. The molecule has 4 aromatic rings. The maximum atomic E-state index is 12.8. The van der Waals surface area contributed by atoms with Crippen LogP contribution in [0.15, 0.2) is 73.1 Å². The van der Waals surface area contributed by atoms with Crippen molar-refractivity contribution in [2.24, 2.45) is 0 Å². The molecule has 1 amide bonds. The van der Waals surface area contributed by atoms with E-state index < -0.39 is 0 Å². The first-order valence-corrected chi connectivity index (χ1v) is 9.04. The molecular formula is C22H16N4O3. The molecule has 0 fully saturated rings. The summed E-state index contributed by atoms with van der Waals surface area (Å²) in [6, 6.07) is 18.5. The summed E-state index contributed by atoms with van der Waals surface area (Å²) in [6.45, 7) is 0.224. The highest BCUT2D eigenvalue weighted by Gasteiger charge is 2.14. The van der Waals surface area contributed by atoms with E-state index in [4.69, 9.17) is 9.47 Å². The zero-order chi connectivity index (χ0) is 19.6. The van der Waals surface area contributed by atoms with Gasteiger partial charge in [-0.1, -0.05) is 18.2 Å². The molecule has 0 saturated heterocycles. The second kappa shape index (κ2) is 7.12. The summed E-state index contributed by atoms with van der Waals surface area (Å²) in [6.07, 6.45) is 3.29. The summed E-state index contributed by atoms with van der Waals surface area (Å²) in [5.41, 5.74) is 3.23. The molecule has 0 atom stereocenters. The second-order valence-corrected chi connectivity index (χ2v) is 6.46. The number of carbonyl (C=O) groups is 1. The Balaban J connectivity index is 1.37. The minimum absolute atomic E-state index is 0.224. The normalized spacial score (nSPS) is 12.0. The van der Waals surface area contributed by atoms with Crippen LogP contribution in [0.1, 0.15) is 10.5 Å². The van der Waals surface area contributed by atoms with Gasteiger partial charge < -0.3 is 20.1 Å². The number of nitrogens with one attached hydrogen (secondary N) is 2. The van der Waals surface area contributed by atoms with Gasteiger partial charge in [0.25, 0.3) is 5.91 Å². The van der Waals surface area contributed by atoms with Crippen molar-refractivity contribution in [2.75, 3.05) is 17.4 Å². The zero-order valence-corrected chi connectivity index (χ0v) is 15.3. The Hall–Kier alpha value is -4.13. The SMILES string of the molecule is O=C(Nc1cccc2cccnc12)c1cc(Nc2ccc3c(c2)OCO3)ccn1. The Labute approximate surface area is 166 Å². The molecule has 7 nitrogen and oxygen atoms in total. The molecule has 1 aliphatic rings. The average Bonchev–Trinajstić information content (AvgIpc) is 3.22. The number of rotatable bonds is 4. The lowest BCUT2D eigenvalue weighted by atomic mass is 10.2. The lowest BCUT2D eigenvalue weighted by molar-refractivity contribution is 0.102. The molecule has 2 aromatic heterocycles. The van der Waals surface area contributed by atoms with Gasteiger partial charge in [-0.2, -0.15) is 0 Å². The summed E-state index contributed by atoms with van der Waals surface area (Å²) in [7, 11) is 0. The van der Waals surface area contributed by atoms with Crippen molar-refractivity contribution in [3.05, 3.63) is 78.8 Å². The van der Waals surface area contributed by atoms with E-state index >= 15 is 0 Å². The van der Waals surface area contributed by atoms with Crippen LogP contribution in [0, 0.1) is 0 Å². The van der Waals surface area contributed by atoms with Gasteiger partial charge >= 0.3 is 0 Å². The molecule has 2 N–H and O–H groups in total. The quantitative estimate of drug-likeness (QED) is 0.544. The lowest BCUT2D eigenvalue weighted by Crippen LogP contribution is -2.14. The number of aromatic nitrogens is 2. The number of hydrogen-bond donors (Lipinski definition) is 2. The van der Waals surface area contributed by atoms with E-state index in [0.717, 1.165) is 22.3 Å². The van der Waals surface area contributed by atoms with Crippen LogP contribution in [-0.4, -0.2) is 22.7 Å². The van der Waals surface area contributed by atoms with Gasteiger partial charge in [0, 0.05) is 35.2 Å². The van der Waals surface area contributed by atoms with Crippen LogP contribution in [0.3, 0.4) is 0 Å². The molecule has 142 valence electrons. The molecular weight excluding hydrogens is 368 g/mol. The number of benzene rings is 2. The number of para-hydroxylation sites is 1. The van der Waals surface area contributed by atoms with Crippen molar-refractivity contribution in [2.45, 2.75) is 0 Å². The third-order valence-electron chi connectivity index (χ3n) is 4.53. The van der Waals surface area contributed by atoms with Gasteiger partial charge in [-0.25, -0.2) is 0 Å². The molecule has 7 heteroatoms. The summed E-state index contributed by atoms with van der Waals surface area (Å²) < 4.78 is 10.7. The summed E-state index contributed by atoms with van der Waals surface area (Å²) in [5, 5.41) is 7.11. The standard InChI is InChI=1S/C22H16N4O3/c27-22(26-17-5-1-3-14-4-2-9-24-21(14)17)18-11-16(8-10-23-18)25-15-6-7-19-20(12-15)29-13-28-19/h1-12H,13H2,(H,23,25)(H,26,27). The van der Waals surface area contributed by atoms with E-state index in [0.29, 0.717) is 22.9 Å². The Morgan fingerprint density at radius 3 is 2.69 bits per heavy atom. The number of fused-ring (bicyclic) bond motifs is 2. The van der Waals surface area contributed by atoms with Crippen LogP contribution in [-0.2, 0) is 0 Å². The van der Waals surface area contributed by atoms with Crippen molar-refractivity contribution in [3.63, 3.8) is 0 Å². The summed E-state index contributed by atoms with van der Waals surface area (Å²) in [4.78, 5) is 21.3. The highest BCUT2D eigenvalue weighted by Crippen LogP contribution is 2.35. The van der Waals surface area contributed by atoms with Crippen molar-refractivity contribution in [1.82, 2.24) is 9.97 Å². The number of amides is 1. The monoisotopic (exact) mass is 384 g/mol. The minimum atomic E-state index is -0.308. The average molecular weight is 384 g/mol.